The lowest BCUT2D eigenvalue weighted by molar-refractivity contribution is 0.310. The second kappa shape index (κ2) is 6.81. The topological polar surface area (TPSA) is 63.9 Å². The highest BCUT2D eigenvalue weighted by Crippen LogP contribution is 2.09. The molecule has 1 heterocycles. The van der Waals surface area contributed by atoms with Crippen molar-refractivity contribution in [2.24, 2.45) is 5.73 Å². The van der Waals surface area contributed by atoms with Crippen molar-refractivity contribution in [2.75, 3.05) is 13.2 Å². The van der Waals surface area contributed by atoms with E-state index in [4.69, 9.17) is 10.5 Å². The Morgan fingerprint density at radius 3 is 2.78 bits per heavy atom. The second-order valence-electron chi connectivity index (χ2n) is 4.16. The van der Waals surface area contributed by atoms with Gasteiger partial charge in [-0.1, -0.05) is 18.2 Å². The highest BCUT2D eigenvalue weighted by atomic mass is 16.5. The molecular formula is C14H19N3O. The zero-order chi connectivity index (χ0) is 12.6. The summed E-state index contributed by atoms with van der Waals surface area (Å²) in [4.78, 5) is 7.58. The molecule has 0 spiro atoms. The van der Waals surface area contributed by atoms with E-state index in [2.05, 4.69) is 9.97 Å². The lowest BCUT2D eigenvalue weighted by atomic mass is 10.3. The van der Waals surface area contributed by atoms with Gasteiger partial charge < -0.3 is 15.5 Å². The van der Waals surface area contributed by atoms with Crippen molar-refractivity contribution in [3.63, 3.8) is 0 Å². The van der Waals surface area contributed by atoms with E-state index < -0.39 is 0 Å². The van der Waals surface area contributed by atoms with Crippen LogP contribution in [0.2, 0.25) is 0 Å². The number of aryl methyl sites for hydroxylation is 1. The first-order valence-corrected chi connectivity index (χ1v) is 6.29. The van der Waals surface area contributed by atoms with Crippen LogP contribution in [0.25, 0.3) is 0 Å². The maximum atomic E-state index is 5.62. The number of nitrogens with one attached hydrogen (secondary N) is 1. The van der Waals surface area contributed by atoms with Gasteiger partial charge in [-0.15, -0.1) is 0 Å². The van der Waals surface area contributed by atoms with Crippen molar-refractivity contribution in [3.8, 4) is 5.75 Å². The summed E-state index contributed by atoms with van der Waals surface area (Å²) in [5, 5.41) is 0. The third-order valence-corrected chi connectivity index (χ3v) is 2.66. The zero-order valence-corrected chi connectivity index (χ0v) is 10.4. The van der Waals surface area contributed by atoms with Crippen LogP contribution in [0.5, 0.6) is 5.75 Å². The molecule has 0 aliphatic heterocycles. The number of hydrogen-bond acceptors (Lipinski definition) is 3. The molecule has 0 aliphatic rings. The molecule has 0 amide bonds. The zero-order valence-electron chi connectivity index (χ0n) is 10.4. The third-order valence-electron chi connectivity index (χ3n) is 2.66. The Labute approximate surface area is 107 Å². The predicted molar refractivity (Wildman–Crippen MR) is 71.6 cm³/mol. The summed E-state index contributed by atoms with van der Waals surface area (Å²) in [6.45, 7) is 1.36. The number of aromatic nitrogens is 2. The van der Waals surface area contributed by atoms with E-state index in [1.807, 2.05) is 36.5 Å². The van der Waals surface area contributed by atoms with Gasteiger partial charge in [0, 0.05) is 24.7 Å². The number of ether oxygens (including phenoxy) is 1. The van der Waals surface area contributed by atoms with E-state index in [1.165, 1.54) is 0 Å². The molecule has 0 atom stereocenters. The molecule has 96 valence electrons. The number of imidazole rings is 1. The van der Waals surface area contributed by atoms with Crippen molar-refractivity contribution >= 4 is 0 Å². The Hall–Kier alpha value is -1.81. The average Bonchev–Trinajstić information content (AvgIpc) is 2.84. The fraction of sp³-hybridized carbons (Fsp3) is 0.357. The number of H-pyrrole nitrogens is 1. The summed E-state index contributed by atoms with van der Waals surface area (Å²) < 4.78 is 5.62. The van der Waals surface area contributed by atoms with Gasteiger partial charge in [0.2, 0.25) is 0 Å². The van der Waals surface area contributed by atoms with E-state index in [-0.39, 0.29) is 0 Å². The quantitative estimate of drug-likeness (QED) is 0.732. The van der Waals surface area contributed by atoms with Crippen LogP contribution in [0.4, 0.5) is 0 Å². The van der Waals surface area contributed by atoms with Crippen LogP contribution in [-0.2, 0) is 12.8 Å². The average molecular weight is 245 g/mol. The summed E-state index contributed by atoms with van der Waals surface area (Å²) >= 11 is 0. The van der Waals surface area contributed by atoms with Crippen LogP contribution >= 0.6 is 0 Å². The van der Waals surface area contributed by atoms with Gasteiger partial charge in [0.1, 0.15) is 11.6 Å². The third kappa shape index (κ3) is 3.89. The molecule has 2 rings (SSSR count). The van der Waals surface area contributed by atoms with Crippen molar-refractivity contribution in [3.05, 3.63) is 48.0 Å². The normalized spacial score (nSPS) is 10.5. The summed E-state index contributed by atoms with van der Waals surface area (Å²) in [6, 6.07) is 9.86. The Kier molecular flexibility index (Phi) is 4.78. The van der Waals surface area contributed by atoms with E-state index in [1.54, 1.807) is 0 Å². The Morgan fingerprint density at radius 1 is 1.17 bits per heavy atom. The lowest BCUT2D eigenvalue weighted by Crippen LogP contribution is -2.03. The van der Waals surface area contributed by atoms with Gasteiger partial charge in [-0.3, -0.25) is 0 Å². The lowest BCUT2D eigenvalue weighted by Gasteiger charge is -2.04. The molecule has 2 aromatic rings. The molecule has 1 aromatic carbocycles. The van der Waals surface area contributed by atoms with Crippen LogP contribution in [0, 0.1) is 0 Å². The van der Waals surface area contributed by atoms with Gasteiger partial charge in [0.05, 0.1) is 6.61 Å². The minimum Gasteiger partial charge on any atom is -0.494 e. The first-order chi connectivity index (χ1) is 8.88. The van der Waals surface area contributed by atoms with Crippen molar-refractivity contribution < 1.29 is 4.74 Å². The molecule has 4 heteroatoms. The first-order valence-electron chi connectivity index (χ1n) is 6.29. The van der Waals surface area contributed by atoms with Gasteiger partial charge >= 0.3 is 0 Å². The van der Waals surface area contributed by atoms with Gasteiger partial charge in [-0.05, 0) is 25.1 Å². The fourth-order valence-corrected chi connectivity index (χ4v) is 1.76. The molecule has 18 heavy (non-hydrogen) atoms. The standard InChI is InChI=1S/C14H19N3O/c15-9-8-12-11-16-14(17-12)7-4-10-18-13-5-2-1-3-6-13/h1-3,5-6,11H,4,7-10,15H2,(H,16,17). The van der Waals surface area contributed by atoms with Crippen LogP contribution in [0.3, 0.4) is 0 Å². The molecule has 3 N–H and O–H groups in total. The summed E-state index contributed by atoms with van der Waals surface area (Å²) in [5.41, 5.74) is 6.60. The monoisotopic (exact) mass is 245 g/mol. The summed E-state index contributed by atoms with van der Waals surface area (Å²) in [5.74, 6) is 1.93. The number of nitrogens with zero attached hydrogens (tertiary/aromatic N) is 1. The van der Waals surface area contributed by atoms with Gasteiger partial charge in [0.25, 0.3) is 0 Å². The smallest absolute Gasteiger partial charge is 0.119 e. The van der Waals surface area contributed by atoms with Crippen LogP contribution in [0.15, 0.2) is 36.5 Å². The number of rotatable bonds is 7. The number of nitrogens with two attached hydrogens (primary N) is 1. The minimum atomic E-state index is 0.652. The Morgan fingerprint density at radius 2 is 2.00 bits per heavy atom. The first kappa shape index (κ1) is 12.6. The number of hydrogen-bond donors (Lipinski definition) is 2. The largest absolute Gasteiger partial charge is 0.494 e. The van der Waals surface area contributed by atoms with E-state index >= 15 is 0 Å². The van der Waals surface area contributed by atoms with E-state index in [0.29, 0.717) is 13.2 Å². The number of benzene rings is 1. The molecular weight excluding hydrogens is 226 g/mol. The molecule has 0 saturated carbocycles. The van der Waals surface area contributed by atoms with Gasteiger partial charge in [-0.25, -0.2) is 4.98 Å². The number of aromatic amines is 1. The van der Waals surface area contributed by atoms with Crippen LogP contribution in [-0.4, -0.2) is 23.1 Å². The molecule has 1 aromatic heterocycles. The van der Waals surface area contributed by atoms with E-state index in [0.717, 1.165) is 36.5 Å². The molecule has 0 unspecified atom stereocenters. The Balaban J connectivity index is 1.68. The highest BCUT2D eigenvalue weighted by Gasteiger charge is 2.00. The molecule has 0 fully saturated rings. The summed E-state index contributed by atoms with van der Waals surface area (Å²) in [6.07, 6.45) is 4.57. The van der Waals surface area contributed by atoms with E-state index in [9.17, 15) is 0 Å². The highest BCUT2D eigenvalue weighted by molar-refractivity contribution is 5.20. The van der Waals surface area contributed by atoms with Crippen molar-refractivity contribution in [1.82, 2.24) is 9.97 Å². The summed E-state index contributed by atoms with van der Waals surface area (Å²) in [7, 11) is 0. The maximum absolute atomic E-state index is 5.62. The van der Waals surface area contributed by atoms with Crippen LogP contribution < -0.4 is 10.5 Å². The van der Waals surface area contributed by atoms with Crippen molar-refractivity contribution in [2.45, 2.75) is 19.3 Å². The van der Waals surface area contributed by atoms with Crippen LogP contribution in [0.1, 0.15) is 17.9 Å². The number of para-hydroxylation sites is 1. The molecule has 0 radical (unpaired) electrons. The molecule has 4 nitrogen and oxygen atoms in total. The van der Waals surface area contributed by atoms with Gasteiger partial charge in [0.15, 0.2) is 0 Å². The molecule has 0 saturated heterocycles. The minimum absolute atomic E-state index is 0.652. The fourth-order valence-electron chi connectivity index (χ4n) is 1.76. The second-order valence-corrected chi connectivity index (χ2v) is 4.16. The predicted octanol–water partition coefficient (Wildman–Crippen LogP) is 1.92. The SMILES string of the molecule is NCCc1cnc(CCCOc2ccccc2)[nH]1. The Bertz CT molecular complexity index is 453. The molecule has 0 aliphatic carbocycles. The van der Waals surface area contributed by atoms with Gasteiger partial charge in [-0.2, -0.15) is 0 Å². The molecule has 0 bridgehead atoms. The maximum Gasteiger partial charge on any atom is 0.119 e. The van der Waals surface area contributed by atoms with Crippen molar-refractivity contribution in [1.29, 1.82) is 0 Å².